The topological polar surface area (TPSA) is 225 Å². The van der Waals surface area contributed by atoms with Crippen molar-refractivity contribution in [1.29, 1.82) is 0 Å². The molecule has 0 aliphatic carbocycles. The van der Waals surface area contributed by atoms with E-state index in [1.807, 2.05) is 20.8 Å². The molecule has 18 nitrogen and oxygen atoms in total. The van der Waals surface area contributed by atoms with Crippen LogP contribution in [0.3, 0.4) is 0 Å². The molecule has 1 N–H and O–H groups in total. The second-order valence-corrected chi connectivity index (χ2v) is 11.2. The van der Waals surface area contributed by atoms with Gasteiger partial charge in [-0.3, -0.25) is 4.57 Å². The predicted molar refractivity (Wildman–Crippen MR) is 141 cm³/mol. The van der Waals surface area contributed by atoms with Gasteiger partial charge in [-0.05, 0) is 59.4 Å². The number of nitrogens with zero attached hydrogens (tertiary/aromatic N) is 9. The van der Waals surface area contributed by atoms with E-state index in [1.54, 1.807) is 41.4 Å². The molecular formula is C23H33N9O9. The lowest BCUT2D eigenvalue weighted by Crippen LogP contribution is -2.26. The number of hydrogen-bond acceptors (Lipinski definition) is 12. The highest BCUT2D eigenvalue weighted by Crippen LogP contribution is 2.30. The summed E-state index contributed by atoms with van der Waals surface area (Å²) < 4.78 is 15.6. The number of hydrogen-bond donors (Lipinski definition) is 1. The average Bonchev–Trinajstić information content (AvgIpc) is 3.10. The number of fused-ring (bicyclic) bond motifs is 1. The van der Waals surface area contributed by atoms with Crippen LogP contribution in [-0.2, 0) is 24.4 Å². The molecule has 1 fully saturated rings. The second kappa shape index (κ2) is 11.2. The summed E-state index contributed by atoms with van der Waals surface area (Å²) in [5, 5.41) is 40.7. The molecule has 5 heterocycles. The van der Waals surface area contributed by atoms with Crippen LogP contribution < -0.4 is 4.74 Å². The Kier molecular flexibility index (Phi) is 8.49. The number of aromatic nitrogens is 6. The fraction of sp³-hybridized carbons (Fsp3) is 0.609. The number of rotatable bonds is 7. The number of nitro groups is 3. The predicted octanol–water partition coefficient (Wildman–Crippen LogP) is 2.72. The average molecular weight is 580 g/mol. The monoisotopic (exact) mass is 579 g/mol. The first kappa shape index (κ1) is 31.1. The number of epoxide rings is 1. The summed E-state index contributed by atoms with van der Waals surface area (Å²) in [4.78, 5) is 40.9. The van der Waals surface area contributed by atoms with E-state index in [-0.39, 0.29) is 28.7 Å². The Morgan fingerprint density at radius 2 is 1.37 bits per heavy atom. The number of imidazole rings is 3. The van der Waals surface area contributed by atoms with E-state index in [1.165, 1.54) is 18.6 Å². The minimum absolute atomic E-state index is 0.105. The number of ether oxygens (including phenoxy) is 2. The molecule has 3 aromatic heterocycles. The van der Waals surface area contributed by atoms with Gasteiger partial charge >= 0.3 is 23.5 Å². The summed E-state index contributed by atoms with van der Waals surface area (Å²) in [5.74, 6) is 0.719. The molecule has 0 amide bonds. The molecule has 0 aromatic carbocycles. The summed E-state index contributed by atoms with van der Waals surface area (Å²) in [6, 6.07) is 0.330. The van der Waals surface area contributed by atoms with E-state index in [4.69, 9.17) is 9.47 Å². The van der Waals surface area contributed by atoms with Crippen LogP contribution in [0.2, 0.25) is 0 Å². The Bertz CT molecular complexity index is 1360. The molecular weight excluding hydrogens is 546 g/mol. The molecule has 3 aromatic rings. The molecule has 5 rings (SSSR count). The first-order valence-corrected chi connectivity index (χ1v) is 12.4. The minimum Gasteiger partial charge on any atom is -0.438 e. The molecule has 0 saturated carbocycles. The van der Waals surface area contributed by atoms with E-state index >= 15 is 0 Å². The normalized spacial score (nSPS) is 18.2. The van der Waals surface area contributed by atoms with E-state index in [0.29, 0.717) is 43.9 Å². The molecule has 2 aliphatic heterocycles. The van der Waals surface area contributed by atoms with Gasteiger partial charge in [-0.25, -0.2) is 0 Å². The van der Waals surface area contributed by atoms with Gasteiger partial charge in [0.05, 0.1) is 31.8 Å². The molecule has 0 spiro atoms. The zero-order valence-corrected chi connectivity index (χ0v) is 23.8. The van der Waals surface area contributed by atoms with Gasteiger partial charge < -0.3 is 54.1 Å². The van der Waals surface area contributed by atoms with Crippen molar-refractivity contribution in [3.8, 4) is 6.01 Å². The summed E-state index contributed by atoms with van der Waals surface area (Å²) in [7, 11) is 0. The van der Waals surface area contributed by atoms with Crippen LogP contribution in [0, 0.1) is 44.2 Å². The number of aryl methyl sites for hydroxylation is 2. The lowest BCUT2D eigenvalue weighted by molar-refractivity contribution is -0.389. The van der Waals surface area contributed by atoms with Crippen LogP contribution >= 0.6 is 0 Å². The van der Waals surface area contributed by atoms with Gasteiger partial charge in [0, 0.05) is 18.8 Å². The van der Waals surface area contributed by atoms with Crippen molar-refractivity contribution in [3.63, 3.8) is 0 Å². The fourth-order valence-electron chi connectivity index (χ4n) is 3.83. The van der Waals surface area contributed by atoms with Crippen LogP contribution in [-0.4, -0.2) is 71.9 Å². The van der Waals surface area contributed by atoms with Crippen molar-refractivity contribution in [2.24, 2.45) is 0 Å². The Hall–Kier alpha value is -4.45. The summed E-state index contributed by atoms with van der Waals surface area (Å²) >= 11 is 0. The van der Waals surface area contributed by atoms with Crippen LogP contribution in [0.25, 0.3) is 0 Å². The molecule has 0 bridgehead atoms. The van der Waals surface area contributed by atoms with E-state index in [2.05, 4.69) is 15.0 Å². The van der Waals surface area contributed by atoms with Crippen molar-refractivity contribution in [3.05, 3.63) is 60.6 Å². The molecule has 1 saturated heterocycles. The zero-order valence-electron chi connectivity index (χ0n) is 23.8. The maximum absolute atomic E-state index is 10.4. The maximum atomic E-state index is 10.4. The van der Waals surface area contributed by atoms with Crippen molar-refractivity contribution in [2.75, 3.05) is 6.61 Å². The zero-order chi connectivity index (χ0) is 30.9. The van der Waals surface area contributed by atoms with Crippen molar-refractivity contribution in [2.45, 2.75) is 84.9 Å². The second-order valence-electron chi connectivity index (χ2n) is 11.2. The lowest BCUT2D eigenvalue weighted by atomic mass is 10.1. The quantitative estimate of drug-likeness (QED) is 0.242. The van der Waals surface area contributed by atoms with Gasteiger partial charge in [-0.15, -0.1) is 0 Å². The van der Waals surface area contributed by atoms with E-state index in [0.717, 1.165) is 0 Å². The SMILES string of the molecule is CC1(C)Cn2cc([N+](=O)[O-])nc2O1.Cc1nc([N+](=O)[O-])cn1CC(C)(C)O.Cc1nc([N+](=O)[O-])cn1C[C@@]1(C)CO1. The Balaban J connectivity index is 0.000000169. The third-order valence-electron chi connectivity index (χ3n) is 5.83. The van der Waals surface area contributed by atoms with Gasteiger partial charge in [0.25, 0.3) is 0 Å². The largest absolute Gasteiger partial charge is 0.438 e. The third kappa shape index (κ3) is 8.52. The smallest absolute Gasteiger partial charge is 0.414 e. The highest BCUT2D eigenvalue weighted by Gasteiger charge is 2.40. The summed E-state index contributed by atoms with van der Waals surface area (Å²) in [5.41, 5.74) is -1.36. The standard InChI is InChI=1S/C8H11N3O3.C8H13N3O3.C7H9N3O3/c1-6-9-7(11(12)13)3-10(6)4-8(2)5-14-8;1-6-9-7(11(13)14)4-10(6)5-8(2,3)12;1-7(2)4-9-3-5(10(11)12)8-6(9)13-7/h3H,4-5H2,1-2H3;4,12H,5H2,1-3H3;3H,4H2,1-2H3/t8-;;/m0../s1. The Labute approximate surface area is 234 Å². The van der Waals surface area contributed by atoms with E-state index < -0.39 is 20.4 Å². The first-order chi connectivity index (χ1) is 18.8. The third-order valence-corrected chi connectivity index (χ3v) is 5.83. The lowest BCUT2D eigenvalue weighted by Gasteiger charge is -2.17. The highest BCUT2D eigenvalue weighted by molar-refractivity contribution is 5.23. The van der Waals surface area contributed by atoms with E-state index in [9.17, 15) is 35.4 Å². The fourth-order valence-corrected chi connectivity index (χ4v) is 3.83. The number of aliphatic hydroxyl groups is 1. The van der Waals surface area contributed by atoms with Crippen molar-refractivity contribution >= 4 is 17.5 Å². The van der Waals surface area contributed by atoms with Gasteiger partial charge in [0.2, 0.25) is 11.6 Å². The van der Waals surface area contributed by atoms with Crippen LogP contribution in [0.1, 0.15) is 46.3 Å². The first-order valence-electron chi connectivity index (χ1n) is 12.4. The molecule has 18 heteroatoms. The molecule has 2 aliphatic rings. The molecule has 0 radical (unpaired) electrons. The van der Waals surface area contributed by atoms with Gasteiger partial charge in [0.15, 0.2) is 0 Å². The van der Waals surface area contributed by atoms with Gasteiger partial charge in [0.1, 0.15) is 29.8 Å². The molecule has 224 valence electrons. The van der Waals surface area contributed by atoms with Crippen LogP contribution in [0.15, 0.2) is 18.6 Å². The summed E-state index contributed by atoms with van der Waals surface area (Å²) in [6.45, 7) is 14.7. The maximum Gasteiger partial charge on any atom is 0.414 e. The Morgan fingerprint density at radius 3 is 1.78 bits per heavy atom. The highest BCUT2D eigenvalue weighted by atomic mass is 16.6. The van der Waals surface area contributed by atoms with Gasteiger partial charge in [-0.1, -0.05) is 0 Å². The minimum atomic E-state index is -0.903. The van der Waals surface area contributed by atoms with Crippen molar-refractivity contribution in [1.82, 2.24) is 28.7 Å². The molecule has 41 heavy (non-hydrogen) atoms. The van der Waals surface area contributed by atoms with Crippen LogP contribution in [0.4, 0.5) is 17.5 Å². The molecule has 0 unspecified atom stereocenters. The van der Waals surface area contributed by atoms with Crippen LogP contribution in [0.5, 0.6) is 6.01 Å². The Morgan fingerprint density at radius 1 is 0.902 bits per heavy atom. The summed E-state index contributed by atoms with van der Waals surface area (Å²) in [6.07, 6.45) is 4.17. The van der Waals surface area contributed by atoms with Crippen molar-refractivity contribution < 1.29 is 29.4 Å². The molecule has 1 atom stereocenters. The van der Waals surface area contributed by atoms with Gasteiger partial charge in [-0.2, -0.15) is 0 Å².